The molecule has 0 bridgehead atoms. The summed E-state index contributed by atoms with van der Waals surface area (Å²) in [6, 6.07) is 3.70. The van der Waals surface area contributed by atoms with Crippen LogP contribution in [0.25, 0.3) is 0 Å². The molecule has 0 saturated heterocycles. The fourth-order valence-corrected chi connectivity index (χ4v) is 2.38. The minimum atomic E-state index is -3.42. The van der Waals surface area contributed by atoms with Crippen molar-refractivity contribution >= 4 is 15.9 Å². The van der Waals surface area contributed by atoms with Gasteiger partial charge in [-0.05, 0) is 30.5 Å². The average Bonchev–Trinajstić information content (AvgIpc) is 3.12. The van der Waals surface area contributed by atoms with Crippen LogP contribution >= 0.6 is 0 Å². The maximum Gasteiger partial charge on any atom is 0.235 e. The Labute approximate surface area is 112 Å². The van der Waals surface area contributed by atoms with Gasteiger partial charge < -0.3 is 5.32 Å². The summed E-state index contributed by atoms with van der Waals surface area (Å²) in [5.41, 5.74) is 0.805. The number of sulfonamides is 1. The van der Waals surface area contributed by atoms with Gasteiger partial charge in [0.2, 0.25) is 15.9 Å². The Balaban J connectivity index is 2.01. The van der Waals surface area contributed by atoms with Crippen molar-refractivity contribution in [1.29, 1.82) is 0 Å². The van der Waals surface area contributed by atoms with E-state index in [2.05, 4.69) is 10.3 Å². The number of pyridine rings is 1. The third-order valence-corrected chi connectivity index (χ3v) is 4.04. The zero-order valence-electron chi connectivity index (χ0n) is 10.7. The number of nitrogens with zero attached hydrogens (tertiary/aromatic N) is 2. The number of carbonyl (C=O) groups excluding carboxylic acids is 1. The Morgan fingerprint density at radius 2 is 2.05 bits per heavy atom. The summed E-state index contributed by atoms with van der Waals surface area (Å²) in [7, 11) is -3.42. The van der Waals surface area contributed by atoms with Crippen LogP contribution in [-0.4, -0.2) is 42.5 Å². The van der Waals surface area contributed by atoms with Gasteiger partial charge in [0.25, 0.3) is 0 Å². The molecule has 0 unspecified atom stereocenters. The Hall–Kier alpha value is -1.47. The van der Waals surface area contributed by atoms with Gasteiger partial charge in [-0.2, -0.15) is 4.31 Å². The zero-order chi connectivity index (χ0) is 13.9. The van der Waals surface area contributed by atoms with Gasteiger partial charge in [0.05, 0.1) is 12.8 Å². The van der Waals surface area contributed by atoms with Gasteiger partial charge in [-0.25, -0.2) is 8.42 Å². The monoisotopic (exact) mass is 283 g/mol. The number of hydrogen-bond donors (Lipinski definition) is 1. The van der Waals surface area contributed by atoms with Crippen molar-refractivity contribution in [1.82, 2.24) is 14.6 Å². The number of hydrogen-bond acceptors (Lipinski definition) is 4. The summed E-state index contributed by atoms with van der Waals surface area (Å²) in [6.45, 7) is 0.0388. The Bertz CT molecular complexity index is 541. The molecule has 7 heteroatoms. The van der Waals surface area contributed by atoms with E-state index in [0.29, 0.717) is 0 Å². The highest BCUT2D eigenvalue weighted by Gasteiger charge is 2.26. The van der Waals surface area contributed by atoms with Crippen LogP contribution in [0.4, 0.5) is 0 Å². The second-order valence-corrected chi connectivity index (χ2v) is 6.71. The van der Waals surface area contributed by atoms with Crippen molar-refractivity contribution in [3.05, 3.63) is 30.1 Å². The fourth-order valence-electron chi connectivity index (χ4n) is 1.64. The lowest BCUT2D eigenvalue weighted by Crippen LogP contribution is -2.40. The molecular formula is C12H17N3O3S. The van der Waals surface area contributed by atoms with Crippen LogP contribution in [0.5, 0.6) is 0 Å². The summed E-state index contributed by atoms with van der Waals surface area (Å²) in [4.78, 5) is 15.6. The Morgan fingerprint density at radius 3 is 2.58 bits per heavy atom. The summed E-state index contributed by atoms with van der Waals surface area (Å²) < 4.78 is 24.6. The van der Waals surface area contributed by atoms with Gasteiger partial charge in [0, 0.05) is 25.0 Å². The lowest BCUT2D eigenvalue weighted by molar-refractivity contribution is -0.121. The predicted octanol–water partition coefficient (Wildman–Crippen LogP) is 0.122. The standard InChI is InChI=1S/C12H17N3O3S/c1-19(17,18)15(8-10-4-6-13-7-5-10)9-12(16)14-11-2-3-11/h4-7,11H,2-3,8-9H2,1H3,(H,14,16). The molecular weight excluding hydrogens is 266 g/mol. The molecule has 1 aromatic rings. The molecule has 6 nitrogen and oxygen atoms in total. The molecule has 0 radical (unpaired) electrons. The van der Waals surface area contributed by atoms with Crippen molar-refractivity contribution in [3.63, 3.8) is 0 Å². The lowest BCUT2D eigenvalue weighted by Gasteiger charge is -2.19. The van der Waals surface area contributed by atoms with Crippen molar-refractivity contribution in [2.24, 2.45) is 0 Å². The molecule has 1 heterocycles. The van der Waals surface area contributed by atoms with E-state index in [1.54, 1.807) is 24.5 Å². The summed E-state index contributed by atoms with van der Waals surface area (Å²) in [6.07, 6.45) is 6.27. The highest BCUT2D eigenvalue weighted by Crippen LogP contribution is 2.18. The number of aromatic nitrogens is 1. The van der Waals surface area contributed by atoms with Gasteiger partial charge in [-0.1, -0.05) is 0 Å². The highest BCUT2D eigenvalue weighted by molar-refractivity contribution is 7.88. The van der Waals surface area contributed by atoms with Crippen molar-refractivity contribution < 1.29 is 13.2 Å². The largest absolute Gasteiger partial charge is 0.352 e. The number of rotatable bonds is 6. The minimum absolute atomic E-state index is 0.141. The molecule has 0 aliphatic heterocycles. The molecule has 1 aliphatic rings. The first-order chi connectivity index (χ1) is 8.95. The molecule has 0 atom stereocenters. The SMILES string of the molecule is CS(=O)(=O)N(CC(=O)NC1CC1)Cc1ccncc1. The molecule has 1 aliphatic carbocycles. The Morgan fingerprint density at radius 1 is 1.42 bits per heavy atom. The number of nitrogens with one attached hydrogen (secondary N) is 1. The van der Waals surface area contributed by atoms with Gasteiger partial charge in [-0.3, -0.25) is 9.78 Å². The quantitative estimate of drug-likeness (QED) is 0.804. The van der Waals surface area contributed by atoms with Crippen molar-refractivity contribution in [2.45, 2.75) is 25.4 Å². The Kier molecular flexibility index (Phi) is 4.16. The van der Waals surface area contributed by atoms with Crippen LogP contribution in [0.3, 0.4) is 0 Å². The lowest BCUT2D eigenvalue weighted by atomic mass is 10.3. The summed E-state index contributed by atoms with van der Waals surface area (Å²) >= 11 is 0. The zero-order valence-corrected chi connectivity index (χ0v) is 11.6. The van der Waals surface area contributed by atoms with Crippen molar-refractivity contribution in [3.8, 4) is 0 Å². The van der Waals surface area contributed by atoms with E-state index in [9.17, 15) is 13.2 Å². The first-order valence-electron chi connectivity index (χ1n) is 6.08. The number of carbonyl (C=O) groups is 1. The molecule has 0 aromatic carbocycles. The van der Waals surface area contributed by atoms with Crippen LogP contribution in [0.15, 0.2) is 24.5 Å². The van der Waals surface area contributed by atoms with Crippen LogP contribution < -0.4 is 5.32 Å². The van der Waals surface area contributed by atoms with E-state index in [4.69, 9.17) is 0 Å². The minimum Gasteiger partial charge on any atom is -0.352 e. The third kappa shape index (κ3) is 4.60. The maximum absolute atomic E-state index is 11.7. The maximum atomic E-state index is 11.7. The van der Waals surface area contributed by atoms with Crippen LogP contribution in [0.2, 0.25) is 0 Å². The second-order valence-electron chi connectivity index (χ2n) is 4.73. The van der Waals surface area contributed by atoms with E-state index in [0.717, 1.165) is 24.7 Å². The van der Waals surface area contributed by atoms with E-state index in [1.807, 2.05) is 0 Å². The van der Waals surface area contributed by atoms with Crippen LogP contribution in [-0.2, 0) is 21.4 Å². The highest BCUT2D eigenvalue weighted by atomic mass is 32.2. The molecule has 0 spiro atoms. The van der Waals surface area contributed by atoms with Crippen LogP contribution in [0.1, 0.15) is 18.4 Å². The molecule has 1 aromatic heterocycles. The van der Waals surface area contributed by atoms with E-state index in [1.165, 1.54) is 4.31 Å². The predicted molar refractivity (Wildman–Crippen MR) is 70.7 cm³/mol. The van der Waals surface area contributed by atoms with Crippen LogP contribution in [0, 0.1) is 0 Å². The molecule has 1 N–H and O–H groups in total. The first kappa shape index (κ1) is 14.0. The molecule has 1 amide bonds. The fraction of sp³-hybridized carbons (Fsp3) is 0.500. The smallest absolute Gasteiger partial charge is 0.235 e. The molecule has 104 valence electrons. The molecule has 1 saturated carbocycles. The van der Waals surface area contributed by atoms with E-state index in [-0.39, 0.29) is 25.0 Å². The summed E-state index contributed by atoms with van der Waals surface area (Å²) in [5, 5.41) is 2.78. The summed E-state index contributed by atoms with van der Waals surface area (Å²) in [5.74, 6) is -0.248. The normalized spacial score (nSPS) is 15.5. The second kappa shape index (κ2) is 5.66. The molecule has 2 rings (SSSR count). The van der Waals surface area contributed by atoms with Gasteiger partial charge in [0.15, 0.2) is 0 Å². The van der Waals surface area contributed by atoms with Crippen molar-refractivity contribution in [2.75, 3.05) is 12.8 Å². The third-order valence-electron chi connectivity index (χ3n) is 2.84. The van der Waals surface area contributed by atoms with Gasteiger partial charge >= 0.3 is 0 Å². The van der Waals surface area contributed by atoms with Gasteiger partial charge in [0.1, 0.15) is 0 Å². The molecule has 1 fully saturated rings. The number of amides is 1. The first-order valence-corrected chi connectivity index (χ1v) is 7.93. The average molecular weight is 283 g/mol. The molecule has 19 heavy (non-hydrogen) atoms. The van der Waals surface area contributed by atoms with E-state index >= 15 is 0 Å². The van der Waals surface area contributed by atoms with Gasteiger partial charge in [-0.15, -0.1) is 0 Å². The van der Waals surface area contributed by atoms with E-state index < -0.39 is 10.0 Å². The topological polar surface area (TPSA) is 79.4 Å².